The summed E-state index contributed by atoms with van der Waals surface area (Å²) in [7, 11) is 0. The van der Waals surface area contributed by atoms with Gasteiger partial charge in [-0.15, -0.1) is 0 Å². The van der Waals surface area contributed by atoms with Gasteiger partial charge in [-0.05, 0) is 13.8 Å². The smallest absolute Gasteiger partial charge is 0.258 e. The minimum Gasteiger partial charge on any atom is -0.312 e. The number of hydrogen-bond donors (Lipinski definition) is 1. The molecule has 0 aromatic rings. The lowest BCUT2D eigenvalue weighted by atomic mass is 10.2. The van der Waals surface area contributed by atoms with Crippen LogP contribution in [-0.4, -0.2) is 29.5 Å². The summed E-state index contributed by atoms with van der Waals surface area (Å²) < 4.78 is 0. The molecule has 0 aromatic carbocycles. The number of aliphatic imine (C=N–C) groups is 3. The van der Waals surface area contributed by atoms with Crippen LogP contribution in [0.15, 0.2) is 15.0 Å². The highest BCUT2D eigenvalue weighted by Gasteiger charge is 2.31. The summed E-state index contributed by atoms with van der Waals surface area (Å²) in [5.41, 5.74) is 0. The predicted molar refractivity (Wildman–Crippen MR) is 45.6 cm³/mol. The zero-order chi connectivity index (χ0) is 8.72. The van der Waals surface area contributed by atoms with E-state index in [0.717, 1.165) is 0 Å². The van der Waals surface area contributed by atoms with Crippen LogP contribution in [0.5, 0.6) is 0 Å². The Kier molecular flexibility index (Phi) is 1.33. The molecule has 1 unspecified atom stereocenters. The summed E-state index contributed by atoms with van der Waals surface area (Å²) in [5, 5.41) is 2.59. The van der Waals surface area contributed by atoms with Crippen molar-refractivity contribution in [3.8, 4) is 0 Å². The third-order valence-electron chi connectivity index (χ3n) is 1.67. The second-order valence-electron chi connectivity index (χ2n) is 2.74. The van der Waals surface area contributed by atoms with Crippen molar-refractivity contribution in [1.29, 1.82) is 0 Å². The average molecular weight is 164 g/mol. The third-order valence-corrected chi connectivity index (χ3v) is 1.67. The molecule has 5 nitrogen and oxygen atoms in total. The molecule has 0 fully saturated rings. The van der Waals surface area contributed by atoms with Crippen molar-refractivity contribution >= 4 is 23.4 Å². The van der Waals surface area contributed by atoms with Crippen molar-refractivity contribution in [2.75, 3.05) is 0 Å². The van der Waals surface area contributed by atoms with Gasteiger partial charge in [-0.3, -0.25) is 4.79 Å². The molecule has 1 N–H and O–H groups in total. The summed E-state index contributed by atoms with van der Waals surface area (Å²) in [6.45, 7) is 3.48. The minimum atomic E-state index is -0.506. The maximum Gasteiger partial charge on any atom is 0.258 e. The van der Waals surface area contributed by atoms with Crippen molar-refractivity contribution < 1.29 is 4.79 Å². The van der Waals surface area contributed by atoms with Gasteiger partial charge in [0.25, 0.3) is 5.91 Å². The second-order valence-corrected chi connectivity index (χ2v) is 2.74. The molecule has 2 aliphatic rings. The first-order valence-corrected chi connectivity index (χ1v) is 3.66. The molecule has 0 bridgehead atoms. The molecule has 0 spiro atoms. The molecule has 0 saturated carbocycles. The topological polar surface area (TPSA) is 66.2 Å². The molecule has 5 heteroatoms. The second kappa shape index (κ2) is 2.23. The Labute approximate surface area is 69.3 Å². The van der Waals surface area contributed by atoms with Gasteiger partial charge in [0.05, 0.1) is 0 Å². The van der Waals surface area contributed by atoms with Crippen LogP contribution in [0.25, 0.3) is 0 Å². The highest BCUT2D eigenvalue weighted by molar-refractivity contribution is 6.24. The Bertz CT molecular complexity index is 339. The first kappa shape index (κ1) is 7.15. The van der Waals surface area contributed by atoms with Gasteiger partial charge in [0.2, 0.25) is 0 Å². The fourth-order valence-corrected chi connectivity index (χ4v) is 1.21. The quantitative estimate of drug-likeness (QED) is 0.526. The molecule has 2 aliphatic heterocycles. The zero-order valence-electron chi connectivity index (χ0n) is 6.83. The highest BCUT2D eigenvalue weighted by Crippen LogP contribution is 2.10. The van der Waals surface area contributed by atoms with E-state index in [-0.39, 0.29) is 5.91 Å². The number of carbonyl (C=O) groups is 1. The van der Waals surface area contributed by atoms with Gasteiger partial charge >= 0.3 is 0 Å². The molecule has 0 saturated heterocycles. The van der Waals surface area contributed by atoms with Crippen molar-refractivity contribution in [3.05, 3.63) is 0 Å². The van der Waals surface area contributed by atoms with Crippen LogP contribution in [0, 0.1) is 0 Å². The fraction of sp³-hybridized carbons (Fsp3) is 0.429. The average Bonchev–Trinajstić information content (AvgIpc) is 2.29. The lowest BCUT2D eigenvalue weighted by Crippen LogP contribution is -2.44. The van der Waals surface area contributed by atoms with Crippen LogP contribution in [0.1, 0.15) is 13.8 Å². The van der Waals surface area contributed by atoms with Crippen LogP contribution in [0.4, 0.5) is 0 Å². The largest absolute Gasteiger partial charge is 0.312 e. The number of nitrogens with one attached hydrogen (secondary N) is 1. The molecule has 0 aromatic heterocycles. The van der Waals surface area contributed by atoms with Gasteiger partial charge < -0.3 is 5.32 Å². The third kappa shape index (κ3) is 0.939. The summed E-state index contributed by atoms with van der Waals surface area (Å²) in [4.78, 5) is 23.4. The number of rotatable bonds is 0. The summed E-state index contributed by atoms with van der Waals surface area (Å²) in [5.74, 6) is 1.57. The standard InChI is InChI=1S/C7H8N4O/c1-3-8-5-6(9-3)10-4(2)11-7(5)12/h5H,1-2H3,(H,8,9,10,11,12). The number of carbonyl (C=O) groups excluding carboxylic acids is 1. The summed E-state index contributed by atoms with van der Waals surface area (Å²) in [6, 6.07) is -0.506. The highest BCUT2D eigenvalue weighted by atomic mass is 16.2. The van der Waals surface area contributed by atoms with E-state index in [1.807, 2.05) is 0 Å². The Balaban J connectivity index is 2.43. The molecular weight excluding hydrogens is 156 g/mol. The Morgan fingerprint density at radius 3 is 2.83 bits per heavy atom. The first-order valence-electron chi connectivity index (χ1n) is 3.66. The van der Waals surface area contributed by atoms with E-state index in [2.05, 4.69) is 20.3 Å². The van der Waals surface area contributed by atoms with Crippen molar-refractivity contribution in [2.45, 2.75) is 19.9 Å². The van der Waals surface area contributed by atoms with E-state index in [9.17, 15) is 4.79 Å². The van der Waals surface area contributed by atoms with E-state index < -0.39 is 6.04 Å². The summed E-state index contributed by atoms with van der Waals surface area (Å²) in [6.07, 6.45) is 0. The fourth-order valence-electron chi connectivity index (χ4n) is 1.21. The number of fused-ring (bicyclic) bond motifs is 1. The molecule has 2 rings (SSSR count). The number of amides is 1. The van der Waals surface area contributed by atoms with Crippen molar-refractivity contribution in [1.82, 2.24) is 5.32 Å². The van der Waals surface area contributed by atoms with Gasteiger partial charge in [0, 0.05) is 0 Å². The van der Waals surface area contributed by atoms with Crippen LogP contribution in [0.3, 0.4) is 0 Å². The van der Waals surface area contributed by atoms with Crippen LogP contribution in [-0.2, 0) is 4.79 Å². The number of hydrogen-bond acceptors (Lipinski definition) is 4. The van der Waals surface area contributed by atoms with Crippen LogP contribution >= 0.6 is 0 Å². The number of nitrogens with zero attached hydrogens (tertiary/aromatic N) is 3. The van der Waals surface area contributed by atoms with Gasteiger partial charge in [0.15, 0.2) is 11.9 Å². The van der Waals surface area contributed by atoms with E-state index in [4.69, 9.17) is 0 Å². The first-order chi connectivity index (χ1) is 5.66. The van der Waals surface area contributed by atoms with Gasteiger partial charge in [-0.2, -0.15) is 0 Å². The molecule has 1 amide bonds. The van der Waals surface area contributed by atoms with Gasteiger partial charge in [-0.25, -0.2) is 15.0 Å². The molecule has 62 valence electrons. The lowest BCUT2D eigenvalue weighted by molar-refractivity contribution is -0.119. The summed E-state index contributed by atoms with van der Waals surface area (Å²) >= 11 is 0. The molecular formula is C7H8N4O. The van der Waals surface area contributed by atoms with E-state index in [1.54, 1.807) is 13.8 Å². The molecule has 2 heterocycles. The van der Waals surface area contributed by atoms with Crippen LogP contribution in [0.2, 0.25) is 0 Å². The Morgan fingerprint density at radius 2 is 2.08 bits per heavy atom. The van der Waals surface area contributed by atoms with Gasteiger partial charge in [0.1, 0.15) is 11.7 Å². The van der Waals surface area contributed by atoms with Crippen molar-refractivity contribution in [2.24, 2.45) is 15.0 Å². The number of amidine groups is 3. The molecule has 0 aliphatic carbocycles. The molecule has 1 atom stereocenters. The SMILES string of the molecule is CC1=NC2C(=O)NC(C)=NC2=N1. The Morgan fingerprint density at radius 1 is 1.33 bits per heavy atom. The van der Waals surface area contributed by atoms with Gasteiger partial charge in [-0.1, -0.05) is 0 Å². The van der Waals surface area contributed by atoms with E-state index >= 15 is 0 Å². The van der Waals surface area contributed by atoms with E-state index in [1.165, 1.54) is 0 Å². The monoisotopic (exact) mass is 164 g/mol. The minimum absolute atomic E-state index is 0.141. The Hall–Kier alpha value is -1.52. The van der Waals surface area contributed by atoms with Crippen molar-refractivity contribution in [3.63, 3.8) is 0 Å². The van der Waals surface area contributed by atoms with Crippen LogP contribution < -0.4 is 5.32 Å². The lowest BCUT2D eigenvalue weighted by Gasteiger charge is -2.14. The molecule has 0 radical (unpaired) electrons. The maximum atomic E-state index is 11.3. The zero-order valence-corrected chi connectivity index (χ0v) is 6.83. The predicted octanol–water partition coefficient (Wildman–Crippen LogP) is -0.266. The van der Waals surface area contributed by atoms with E-state index in [0.29, 0.717) is 17.5 Å². The normalized spacial score (nSPS) is 27.0. The maximum absolute atomic E-state index is 11.3. The molecule has 12 heavy (non-hydrogen) atoms.